The minimum Gasteiger partial charge on any atom is -0.261 e. The van der Waals surface area contributed by atoms with Crippen molar-refractivity contribution in [3.8, 4) is 0 Å². The molecular weight excluding hydrogens is 242 g/mol. The largest absolute Gasteiger partial charge is 0.261 e. The summed E-state index contributed by atoms with van der Waals surface area (Å²) in [6, 6.07) is 5.36. The van der Waals surface area contributed by atoms with Crippen LogP contribution in [0.25, 0.3) is 10.4 Å². The third kappa shape index (κ3) is 5.86. The Morgan fingerprint density at radius 1 is 1.47 bits per heavy atom. The van der Waals surface area contributed by atoms with Gasteiger partial charge in [-0.05, 0) is 17.7 Å². The van der Waals surface area contributed by atoms with Crippen molar-refractivity contribution in [1.82, 2.24) is 9.71 Å². The predicted octanol–water partition coefficient (Wildman–Crippen LogP) is 0.854. The summed E-state index contributed by atoms with van der Waals surface area (Å²) in [7, 11) is -3.33. The number of hydrogen-bond donors (Lipinski definition) is 1. The van der Waals surface area contributed by atoms with Crippen LogP contribution in [0.5, 0.6) is 0 Å². The van der Waals surface area contributed by atoms with Gasteiger partial charge < -0.3 is 0 Å². The van der Waals surface area contributed by atoms with Gasteiger partial charge in [-0.3, -0.25) is 4.98 Å². The molecule has 0 fully saturated rings. The van der Waals surface area contributed by atoms with Crippen molar-refractivity contribution >= 4 is 10.0 Å². The lowest BCUT2D eigenvalue weighted by Gasteiger charge is -2.04. The van der Waals surface area contributed by atoms with Crippen molar-refractivity contribution in [2.45, 2.75) is 6.42 Å². The van der Waals surface area contributed by atoms with Crippen LogP contribution in [-0.2, 0) is 16.4 Å². The monoisotopic (exact) mass is 255 g/mol. The third-order valence-corrected chi connectivity index (χ3v) is 3.34. The van der Waals surface area contributed by atoms with E-state index in [1.165, 1.54) is 0 Å². The maximum atomic E-state index is 11.5. The Hall–Kier alpha value is -1.63. The maximum absolute atomic E-state index is 11.5. The molecule has 1 rings (SSSR count). The number of aromatic nitrogens is 1. The molecule has 7 nitrogen and oxygen atoms in total. The number of pyridine rings is 1. The number of nitrogens with one attached hydrogen (secondary N) is 1. The van der Waals surface area contributed by atoms with Crippen molar-refractivity contribution in [1.29, 1.82) is 0 Å². The fraction of sp³-hybridized carbons (Fsp3) is 0.444. The van der Waals surface area contributed by atoms with E-state index in [9.17, 15) is 8.42 Å². The van der Waals surface area contributed by atoms with Crippen LogP contribution in [0.3, 0.4) is 0 Å². The summed E-state index contributed by atoms with van der Waals surface area (Å²) in [5, 5.41) is 3.23. The molecule has 0 saturated heterocycles. The van der Waals surface area contributed by atoms with Crippen LogP contribution in [-0.4, -0.2) is 32.2 Å². The summed E-state index contributed by atoms with van der Waals surface area (Å²) in [6.45, 7) is 0.230. The lowest BCUT2D eigenvalue weighted by atomic mass is 10.3. The molecule has 0 unspecified atom stereocenters. The van der Waals surface area contributed by atoms with E-state index in [4.69, 9.17) is 5.53 Å². The molecule has 0 bridgehead atoms. The van der Waals surface area contributed by atoms with Gasteiger partial charge in [0.25, 0.3) is 0 Å². The molecule has 0 radical (unpaired) electrons. The molecule has 1 heterocycles. The Kier molecular flexibility index (Phi) is 5.41. The van der Waals surface area contributed by atoms with Gasteiger partial charge in [0.05, 0.1) is 5.75 Å². The zero-order valence-electron chi connectivity index (χ0n) is 9.15. The fourth-order valence-corrected chi connectivity index (χ4v) is 2.18. The van der Waals surface area contributed by atoms with E-state index >= 15 is 0 Å². The predicted molar refractivity (Wildman–Crippen MR) is 63.7 cm³/mol. The summed E-state index contributed by atoms with van der Waals surface area (Å²) < 4.78 is 25.3. The van der Waals surface area contributed by atoms with Crippen LogP contribution in [0.1, 0.15) is 5.69 Å². The zero-order chi connectivity index (χ0) is 12.6. The van der Waals surface area contributed by atoms with Crippen LogP contribution in [0.2, 0.25) is 0 Å². The van der Waals surface area contributed by atoms with Gasteiger partial charge in [-0.15, -0.1) is 0 Å². The average molecular weight is 255 g/mol. The van der Waals surface area contributed by atoms with Gasteiger partial charge >= 0.3 is 0 Å². The first-order valence-electron chi connectivity index (χ1n) is 5.02. The second kappa shape index (κ2) is 6.85. The first-order chi connectivity index (χ1) is 8.14. The molecule has 0 amide bonds. The smallest absolute Gasteiger partial charge is 0.211 e. The van der Waals surface area contributed by atoms with Crippen LogP contribution in [0.15, 0.2) is 29.5 Å². The summed E-state index contributed by atoms with van der Waals surface area (Å²) in [6.07, 6.45) is 1.98. The standard InChI is InChI=1S/C9H13N5O2S/c10-14-12-6-7-13-17(15,16)8-4-9-3-1-2-5-11-9/h1-3,5,13H,4,6-8H2. The third-order valence-electron chi connectivity index (χ3n) is 1.95. The Morgan fingerprint density at radius 3 is 2.94 bits per heavy atom. The highest BCUT2D eigenvalue weighted by molar-refractivity contribution is 7.89. The molecule has 1 aromatic heterocycles. The first kappa shape index (κ1) is 13.4. The second-order valence-electron chi connectivity index (χ2n) is 3.24. The fourth-order valence-electron chi connectivity index (χ4n) is 1.15. The number of hydrogen-bond acceptors (Lipinski definition) is 4. The summed E-state index contributed by atoms with van der Waals surface area (Å²) in [4.78, 5) is 6.56. The molecule has 1 aromatic rings. The van der Waals surface area contributed by atoms with Crippen LogP contribution in [0, 0.1) is 0 Å². The van der Waals surface area contributed by atoms with Gasteiger partial charge in [-0.1, -0.05) is 11.2 Å². The lowest BCUT2D eigenvalue weighted by molar-refractivity contribution is 0.581. The van der Waals surface area contributed by atoms with Crippen molar-refractivity contribution in [3.63, 3.8) is 0 Å². The number of azide groups is 1. The zero-order valence-corrected chi connectivity index (χ0v) is 9.97. The van der Waals surface area contributed by atoms with Crippen LogP contribution < -0.4 is 4.72 Å². The SMILES string of the molecule is [N-]=[N+]=NCCNS(=O)(=O)CCc1ccccn1. The minimum absolute atomic E-state index is 0.0275. The summed E-state index contributed by atoms with van der Waals surface area (Å²) in [5.74, 6) is -0.0275. The first-order valence-corrected chi connectivity index (χ1v) is 6.67. The Bertz CT molecular complexity index is 481. The van der Waals surface area contributed by atoms with Gasteiger partial charge in [0.2, 0.25) is 10.0 Å². The van der Waals surface area contributed by atoms with Crippen LogP contribution >= 0.6 is 0 Å². The van der Waals surface area contributed by atoms with E-state index in [1.54, 1.807) is 18.3 Å². The average Bonchev–Trinajstić information content (AvgIpc) is 2.34. The van der Waals surface area contributed by atoms with Crippen molar-refractivity contribution in [3.05, 3.63) is 40.5 Å². The minimum atomic E-state index is -3.33. The number of rotatable bonds is 7. The van der Waals surface area contributed by atoms with Gasteiger partial charge in [0.1, 0.15) is 0 Å². The molecular formula is C9H13N5O2S. The Balaban J connectivity index is 2.37. The van der Waals surface area contributed by atoms with Gasteiger partial charge in [0, 0.05) is 36.3 Å². The van der Waals surface area contributed by atoms with Crippen LogP contribution in [0.4, 0.5) is 0 Å². The number of sulfonamides is 1. The lowest BCUT2D eigenvalue weighted by Crippen LogP contribution is -2.29. The molecule has 8 heteroatoms. The van der Waals surface area contributed by atoms with Gasteiger partial charge in [-0.2, -0.15) is 0 Å². The van der Waals surface area contributed by atoms with E-state index in [2.05, 4.69) is 19.7 Å². The second-order valence-corrected chi connectivity index (χ2v) is 5.17. The molecule has 0 atom stereocenters. The Labute approximate surface area is 99.6 Å². The maximum Gasteiger partial charge on any atom is 0.211 e. The van der Waals surface area contributed by atoms with E-state index in [1.807, 2.05) is 6.07 Å². The van der Waals surface area contributed by atoms with Crippen molar-refractivity contribution in [2.75, 3.05) is 18.8 Å². The van der Waals surface area contributed by atoms with E-state index in [0.717, 1.165) is 5.69 Å². The highest BCUT2D eigenvalue weighted by Crippen LogP contribution is 1.97. The molecule has 0 aliphatic carbocycles. The summed E-state index contributed by atoms with van der Waals surface area (Å²) in [5.41, 5.74) is 8.75. The van der Waals surface area contributed by atoms with E-state index < -0.39 is 10.0 Å². The number of nitrogens with zero attached hydrogens (tertiary/aromatic N) is 4. The topological polar surface area (TPSA) is 108 Å². The number of aryl methyl sites for hydroxylation is 1. The molecule has 17 heavy (non-hydrogen) atoms. The summed E-state index contributed by atoms with van der Waals surface area (Å²) >= 11 is 0. The molecule has 0 aliphatic heterocycles. The van der Waals surface area contributed by atoms with Gasteiger partial charge in [0.15, 0.2) is 0 Å². The molecule has 92 valence electrons. The van der Waals surface area contributed by atoms with E-state index in [0.29, 0.717) is 6.42 Å². The van der Waals surface area contributed by atoms with Crippen molar-refractivity contribution in [2.24, 2.45) is 5.11 Å². The quantitative estimate of drug-likeness (QED) is 0.337. The molecule has 0 aromatic carbocycles. The van der Waals surface area contributed by atoms with E-state index in [-0.39, 0.29) is 18.8 Å². The molecule has 0 aliphatic rings. The Morgan fingerprint density at radius 2 is 2.29 bits per heavy atom. The molecule has 1 N–H and O–H groups in total. The highest BCUT2D eigenvalue weighted by Gasteiger charge is 2.09. The molecule has 0 spiro atoms. The van der Waals surface area contributed by atoms with Gasteiger partial charge in [-0.25, -0.2) is 13.1 Å². The highest BCUT2D eigenvalue weighted by atomic mass is 32.2. The van der Waals surface area contributed by atoms with Crippen molar-refractivity contribution < 1.29 is 8.42 Å². The normalized spacial score (nSPS) is 10.8. The molecule has 0 saturated carbocycles.